The topological polar surface area (TPSA) is 91.5 Å². The summed E-state index contributed by atoms with van der Waals surface area (Å²) in [5.74, 6) is 1.32. The lowest BCUT2D eigenvalue weighted by atomic mass is 10.1. The van der Waals surface area contributed by atoms with Gasteiger partial charge in [-0.1, -0.05) is 41.1 Å². The van der Waals surface area contributed by atoms with Crippen molar-refractivity contribution in [3.05, 3.63) is 72.3 Å². The van der Waals surface area contributed by atoms with E-state index in [0.717, 1.165) is 5.56 Å². The van der Waals surface area contributed by atoms with Gasteiger partial charge in [0.2, 0.25) is 15.7 Å². The summed E-state index contributed by atoms with van der Waals surface area (Å²) in [5, 5.41) is 4.05. The van der Waals surface area contributed by atoms with Crippen LogP contribution in [0.3, 0.4) is 0 Å². The van der Waals surface area contributed by atoms with Crippen molar-refractivity contribution in [3.63, 3.8) is 0 Å². The second-order valence-electron chi connectivity index (χ2n) is 6.77. The van der Waals surface area contributed by atoms with Crippen LogP contribution in [-0.2, 0) is 9.84 Å². The number of aryl methyl sites for hydroxylation is 1. The summed E-state index contributed by atoms with van der Waals surface area (Å²) in [6.45, 7) is 1.90. The highest BCUT2D eigenvalue weighted by atomic mass is 32.2. The van der Waals surface area contributed by atoms with Gasteiger partial charge in [-0.3, -0.25) is 0 Å². The molecule has 1 aromatic heterocycles. The van der Waals surface area contributed by atoms with E-state index >= 15 is 0 Å². The van der Waals surface area contributed by atoms with E-state index in [0.29, 0.717) is 22.6 Å². The van der Waals surface area contributed by atoms with Crippen molar-refractivity contribution >= 4 is 9.84 Å². The lowest BCUT2D eigenvalue weighted by molar-refractivity contribution is 0.394. The van der Waals surface area contributed by atoms with Crippen molar-refractivity contribution in [1.82, 2.24) is 10.1 Å². The molecule has 0 saturated carbocycles. The fourth-order valence-electron chi connectivity index (χ4n) is 3.23. The Labute approximate surface area is 180 Å². The van der Waals surface area contributed by atoms with Crippen molar-refractivity contribution in [2.45, 2.75) is 16.7 Å². The smallest absolute Gasteiger partial charge is 0.259 e. The molecule has 31 heavy (non-hydrogen) atoms. The van der Waals surface area contributed by atoms with E-state index in [2.05, 4.69) is 10.1 Å². The first kappa shape index (κ1) is 20.6. The van der Waals surface area contributed by atoms with Crippen molar-refractivity contribution in [1.29, 1.82) is 0 Å². The molecule has 0 aliphatic heterocycles. The molecule has 0 bridgehead atoms. The predicted octanol–water partition coefficient (Wildman–Crippen LogP) is 4.56. The molecule has 0 atom stereocenters. The van der Waals surface area contributed by atoms with Gasteiger partial charge >= 0.3 is 0 Å². The summed E-state index contributed by atoms with van der Waals surface area (Å²) in [5.41, 5.74) is 1.80. The normalized spacial score (nSPS) is 11.3. The SMILES string of the molecule is COc1cccc(OC)c1-c1noc(-c2ccccc2S(=O)(=O)c2ccc(C)cc2)n1. The molecule has 0 saturated heterocycles. The molecule has 0 unspecified atom stereocenters. The average Bonchev–Trinajstić information content (AvgIpc) is 3.28. The molecule has 4 aromatic rings. The predicted molar refractivity (Wildman–Crippen MR) is 115 cm³/mol. The lowest BCUT2D eigenvalue weighted by Crippen LogP contribution is -2.04. The van der Waals surface area contributed by atoms with Crippen molar-refractivity contribution in [2.75, 3.05) is 14.2 Å². The number of sulfone groups is 1. The van der Waals surface area contributed by atoms with Gasteiger partial charge in [-0.2, -0.15) is 4.98 Å². The number of rotatable bonds is 6. The first-order valence-electron chi connectivity index (χ1n) is 9.42. The molecule has 0 N–H and O–H groups in total. The molecule has 1 heterocycles. The summed E-state index contributed by atoms with van der Waals surface area (Å²) >= 11 is 0. The summed E-state index contributed by atoms with van der Waals surface area (Å²) < 4.78 is 42.8. The van der Waals surface area contributed by atoms with Crippen LogP contribution in [0.5, 0.6) is 11.5 Å². The molecule has 0 spiro atoms. The summed E-state index contributed by atoms with van der Waals surface area (Å²) in [6.07, 6.45) is 0. The van der Waals surface area contributed by atoms with Crippen LogP contribution >= 0.6 is 0 Å². The Kier molecular flexibility index (Phi) is 5.48. The molecule has 0 amide bonds. The Balaban J connectivity index is 1.83. The van der Waals surface area contributed by atoms with Crippen LogP contribution in [0.2, 0.25) is 0 Å². The minimum atomic E-state index is -3.79. The number of ether oxygens (including phenoxy) is 2. The zero-order chi connectivity index (χ0) is 22.0. The average molecular weight is 436 g/mol. The van der Waals surface area contributed by atoms with Gasteiger partial charge in [0.05, 0.1) is 29.6 Å². The van der Waals surface area contributed by atoms with Crippen LogP contribution in [0.1, 0.15) is 5.56 Å². The van der Waals surface area contributed by atoms with Gasteiger partial charge in [0.15, 0.2) is 0 Å². The standard InChI is InChI=1S/C23H20N2O5S/c1-15-11-13-16(14-12-15)31(26,27)20-10-5-4-7-17(20)23-24-22(25-30-23)21-18(28-2)8-6-9-19(21)29-3/h4-14H,1-3H3. The highest BCUT2D eigenvalue weighted by molar-refractivity contribution is 7.91. The van der Waals surface area contributed by atoms with E-state index in [4.69, 9.17) is 14.0 Å². The van der Waals surface area contributed by atoms with Crippen molar-refractivity contribution in [3.8, 4) is 34.3 Å². The maximum Gasteiger partial charge on any atom is 0.259 e. The number of nitrogens with zero attached hydrogens (tertiary/aromatic N) is 2. The van der Waals surface area contributed by atoms with Gasteiger partial charge in [0.25, 0.3) is 5.89 Å². The van der Waals surface area contributed by atoms with Gasteiger partial charge in [0.1, 0.15) is 17.1 Å². The molecular weight excluding hydrogens is 416 g/mol. The fraction of sp³-hybridized carbons (Fsp3) is 0.130. The first-order valence-corrected chi connectivity index (χ1v) is 10.9. The fourth-order valence-corrected chi connectivity index (χ4v) is 4.68. The molecular formula is C23H20N2O5S. The van der Waals surface area contributed by atoms with E-state index in [1.807, 2.05) is 6.92 Å². The second kappa shape index (κ2) is 8.23. The van der Waals surface area contributed by atoms with Gasteiger partial charge in [0, 0.05) is 0 Å². The van der Waals surface area contributed by atoms with Gasteiger partial charge in [-0.25, -0.2) is 8.42 Å². The van der Waals surface area contributed by atoms with Crippen LogP contribution in [0.25, 0.3) is 22.8 Å². The molecule has 0 aliphatic carbocycles. The summed E-state index contributed by atoms with van der Waals surface area (Å²) in [7, 11) is -0.732. The quantitative estimate of drug-likeness (QED) is 0.437. The van der Waals surface area contributed by atoms with Crippen LogP contribution in [-0.4, -0.2) is 32.8 Å². The van der Waals surface area contributed by atoms with Gasteiger partial charge in [-0.15, -0.1) is 0 Å². The Hall–Kier alpha value is -3.65. The third kappa shape index (κ3) is 3.77. The summed E-state index contributed by atoms with van der Waals surface area (Å²) in [6, 6.07) is 18.5. The van der Waals surface area contributed by atoms with E-state index in [-0.39, 0.29) is 21.5 Å². The van der Waals surface area contributed by atoms with Crippen molar-refractivity contribution in [2.24, 2.45) is 0 Å². The Bertz CT molecular complexity index is 1310. The van der Waals surface area contributed by atoms with E-state index in [9.17, 15) is 8.42 Å². The highest BCUT2D eigenvalue weighted by Crippen LogP contribution is 2.38. The van der Waals surface area contributed by atoms with Crippen LogP contribution in [0.4, 0.5) is 0 Å². The molecule has 0 radical (unpaired) electrons. The largest absolute Gasteiger partial charge is 0.496 e. The lowest BCUT2D eigenvalue weighted by Gasteiger charge is -2.09. The number of aromatic nitrogens is 2. The van der Waals surface area contributed by atoms with Gasteiger partial charge in [-0.05, 0) is 43.3 Å². The Morgan fingerprint density at radius 3 is 2.13 bits per heavy atom. The zero-order valence-corrected chi connectivity index (χ0v) is 18.0. The third-order valence-corrected chi connectivity index (χ3v) is 6.64. The molecule has 8 heteroatoms. The van der Waals surface area contributed by atoms with E-state index in [1.165, 1.54) is 20.3 Å². The van der Waals surface area contributed by atoms with Gasteiger partial charge < -0.3 is 14.0 Å². The molecule has 0 fully saturated rings. The number of methoxy groups -OCH3 is 2. The Morgan fingerprint density at radius 1 is 0.839 bits per heavy atom. The molecule has 4 rings (SSSR count). The highest BCUT2D eigenvalue weighted by Gasteiger charge is 2.26. The van der Waals surface area contributed by atoms with E-state index in [1.54, 1.807) is 60.7 Å². The maximum absolute atomic E-state index is 13.3. The molecule has 7 nitrogen and oxygen atoms in total. The van der Waals surface area contributed by atoms with Crippen LogP contribution in [0, 0.1) is 6.92 Å². The number of benzene rings is 3. The molecule has 3 aromatic carbocycles. The van der Waals surface area contributed by atoms with Crippen LogP contribution < -0.4 is 9.47 Å². The van der Waals surface area contributed by atoms with Crippen molar-refractivity contribution < 1.29 is 22.4 Å². The zero-order valence-electron chi connectivity index (χ0n) is 17.2. The number of hydrogen-bond acceptors (Lipinski definition) is 7. The monoisotopic (exact) mass is 436 g/mol. The number of hydrogen-bond donors (Lipinski definition) is 0. The Morgan fingerprint density at radius 2 is 1.48 bits per heavy atom. The molecule has 0 aliphatic rings. The summed E-state index contributed by atoms with van der Waals surface area (Å²) in [4.78, 5) is 4.72. The minimum absolute atomic E-state index is 0.0780. The second-order valence-corrected chi connectivity index (χ2v) is 8.69. The van der Waals surface area contributed by atoms with E-state index < -0.39 is 9.84 Å². The van der Waals surface area contributed by atoms with Crippen LogP contribution in [0.15, 0.2) is 81.0 Å². The third-order valence-electron chi connectivity index (χ3n) is 4.82. The maximum atomic E-state index is 13.3. The minimum Gasteiger partial charge on any atom is -0.496 e. The molecule has 158 valence electrons. The first-order chi connectivity index (χ1) is 15.0.